The van der Waals surface area contributed by atoms with E-state index in [1.165, 1.54) is 9.44 Å². The zero-order chi connectivity index (χ0) is 52.8. The SMILES string of the molecule is Cc1sc2c(c1C)C(c1ccc(Cl)cc1)=N[C@@H](CC(=O)N1CCC(N3CCN(C(=O)CN4CCC(Nc5cccc6c5cc(C#CCNc5ccc(P(C)(C)=O)cc5)n6CC(F)(F)F)CC4)CC3)C1)c1nnc(C)n1-2. The Hall–Kier alpha value is -5.96. The van der Waals surface area contributed by atoms with Gasteiger partial charge in [0.25, 0.3) is 0 Å². The van der Waals surface area contributed by atoms with Crippen LogP contribution in [0.2, 0.25) is 5.02 Å². The van der Waals surface area contributed by atoms with Crippen molar-refractivity contribution >= 4 is 75.2 Å². The lowest BCUT2D eigenvalue weighted by Crippen LogP contribution is -2.54. The van der Waals surface area contributed by atoms with Gasteiger partial charge in [-0.25, -0.2) is 0 Å². The Bertz CT molecular complexity index is 3250. The summed E-state index contributed by atoms with van der Waals surface area (Å²) in [5.74, 6) is 7.51. The number of anilines is 2. The Balaban J connectivity index is 0.708. The van der Waals surface area contributed by atoms with Crippen molar-refractivity contribution in [3.05, 3.63) is 117 Å². The fourth-order valence-electron chi connectivity index (χ4n) is 10.9. The van der Waals surface area contributed by atoms with Gasteiger partial charge in [-0.05, 0) is 119 Å². The van der Waals surface area contributed by atoms with Crippen molar-refractivity contribution in [2.45, 2.75) is 77.3 Å². The molecule has 10 rings (SSSR count). The summed E-state index contributed by atoms with van der Waals surface area (Å²) in [7, 11) is -2.39. The number of piperidine rings is 1. The molecule has 2 atom stereocenters. The van der Waals surface area contributed by atoms with Crippen molar-refractivity contribution in [3.63, 3.8) is 0 Å². The molecule has 3 aromatic heterocycles. The van der Waals surface area contributed by atoms with Crippen molar-refractivity contribution in [1.82, 2.24) is 38.9 Å². The standard InChI is InChI=1S/C55H62ClF3N11O3PS/c1-35-36(2)75-54-51(35)52(38-11-13-39(56)14-12-38)62-47(53-64-63-37(3)70(53)54)31-49(71)68-25-21-43(32-68)66-26-28-67(29-27-66)50(72)33-65-23-19-41(20-24-65)61-46-9-6-10-48-45(46)30-42(69(48)34-55(57,58)59)8-7-22-60-40-15-17-44(18-16-40)74(4,5)73/h6,9-18,30,41,43,47,60-61H,19-29,31-34H2,1-5H3/t43?,47-/m0/s1. The van der Waals surface area contributed by atoms with Crippen molar-refractivity contribution < 1.29 is 27.3 Å². The summed E-state index contributed by atoms with van der Waals surface area (Å²) in [4.78, 5) is 42.9. The van der Waals surface area contributed by atoms with Gasteiger partial charge >= 0.3 is 6.18 Å². The third-order valence-electron chi connectivity index (χ3n) is 15.1. The minimum absolute atomic E-state index is 0.0311. The van der Waals surface area contributed by atoms with E-state index in [1.807, 2.05) is 59.2 Å². The van der Waals surface area contributed by atoms with Gasteiger partial charge in [0.2, 0.25) is 11.8 Å². The molecule has 2 amide bonds. The lowest BCUT2D eigenvalue weighted by atomic mass is 9.99. The van der Waals surface area contributed by atoms with Gasteiger partial charge in [-0.1, -0.05) is 35.7 Å². The van der Waals surface area contributed by atoms with E-state index in [0.717, 1.165) is 82.3 Å². The largest absolute Gasteiger partial charge is 0.406 e. The maximum absolute atomic E-state index is 14.2. The highest BCUT2D eigenvalue weighted by molar-refractivity contribution is 7.70. The molecule has 2 N–H and O–H groups in total. The average molecular weight is 1080 g/mol. The number of benzene rings is 3. The van der Waals surface area contributed by atoms with Gasteiger partial charge in [-0.2, -0.15) is 13.2 Å². The van der Waals surface area contributed by atoms with Gasteiger partial charge in [0, 0.05) is 108 Å². The van der Waals surface area contributed by atoms with Crippen LogP contribution >= 0.6 is 30.1 Å². The molecule has 0 bridgehead atoms. The summed E-state index contributed by atoms with van der Waals surface area (Å²) in [5, 5.41) is 18.9. The summed E-state index contributed by atoms with van der Waals surface area (Å²) in [5.41, 5.74) is 6.17. The van der Waals surface area contributed by atoms with Gasteiger partial charge in [-0.15, -0.1) is 21.5 Å². The topological polar surface area (TPSA) is 136 Å². The zero-order valence-electron chi connectivity index (χ0n) is 42.9. The lowest BCUT2D eigenvalue weighted by Gasteiger charge is -2.39. The summed E-state index contributed by atoms with van der Waals surface area (Å²) in [6, 6.07) is 21.8. The van der Waals surface area contributed by atoms with E-state index in [0.29, 0.717) is 67.6 Å². The molecule has 3 aromatic carbocycles. The molecule has 20 heteroatoms. The van der Waals surface area contributed by atoms with E-state index < -0.39 is 25.9 Å². The molecule has 7 heterocycles. The van der Waals surface area contributed by atoms with Crippen molar-refractivity contribution in [2.24, 2.45) is 4.99 Å². The first-order valence-corrected chi connectivity index (χ1v) is 29.4. The first kappa shape index (κ1) is 52.5. The summed E-state index contributed by atoms with van der Waals surface area (Å²) in [6.45, 7) is 14.4. The van der Waals surface area contributed by atoms with E-state index in [9.17, 15) is 27.3 Å². The number of aliphatic imine (C=N–C) groups is 1. The maximum atomic E-state index is 14.2. The fourth-order valence-corrected chi connectivity index (χ4v) is 13.1. The fraction of sp³-hybridized carbons (Fsp3) is 0.436. The number of hydrogen-bond acceptors (Lipinski definition) is 11. The third kappa shape index (κ3) is 11.6. The van der Waals surface area contributed by atoms with Crippen LogP contribution < -0.4 is 15.9 Å². The molecule has 6 aromatic rings. The number of carbonyl (C=O) groups excluding carboxylic acids is 2. The molecular formula is C55H62ClF3N11O3PS. The Morgan fingerprint density at radius 1 is 0.880 bits per heavy atom. The van der Waals surface area contributed by atoms with Crippen LogP contribution in [0.1, 0.15) is 70.6 Å². The highest BCUT2D eigenvalue weighted by Gasteiger charge is 2.37. The van der Waals surface area contributed by atoms with Crippen LogP contribution in [0.3, 0.4) is 0 Å². The molecule has 3 fully saturated rings. The highest BCUT2D eigenvalue weighted by Crippen LogP contribution is 2.41. The normalized spacial score (nSPS) is 18.8. The number of rotatable bonds is 12. The van der Waals surface area contributed by atoms with E-state index in [2.05, 4.69) is 60.9 Å². The van der Waals surface area contributed by atoms with Crippen LogP contribution in [0, 0.1) is 32.6 Å². The Morgan fingerprint density at radius 3 is 2.32 bits per heavy atom. The second-order valence-corrected chi connectivity index (χ2v) is 25.4. The predicted octanol–water partition coefficient (Wildman–Crippen LogP) is 8.74. The molecular weight excluding hydrogens is 1020 g/mol. The molecule has 0 radical (unpaired) electrons. The molecule has 4 aliphatic heterocycles. The smallest absolute Gasteiger partial charge is 0.382 e. The van der Waals surface area contributed by atoms with Crippen molar-refractivity contribution in [3.8, 4) is 16.8 Å². The molecule has 0 aliphatic carbocycles. The van der Waals surface area contributed by atoms with E-state index in [4.69, 9.17) is 16.6 Å². The number of aryl methyl sites for hydroxylation is 2. The number of carbonyl (C=O) groups is 2. The number of nitrogens with zero attached hydrogens (tertiary/aromatic N) is 9. The number of amides is 2. The Labute approximate surface area is 444 Å². The summed E-state index contributed by atoms with van der Waals surface area (Å²) >= 11 is 7.99. The molecule has 394 valence electrons. The van der Waals surface area contributed by atoms with Crippen LogP contribution in [0.25, 0.3) is 15.9 Å². The number of fused-ring (bicyclic) bond motifs is 4. The number of likely N-dealkylation sites (tertiary alicyclic amines) is 2. The van der Waals surface area contributed by atoms with Crippen LogP contribution in [-0.2, 0) is 20.7 Å². The van der Waals surface area contributed by atoms with Crippen LogP contribution in [0.4, 0.5) is 24.5 Å². The minimum atomic E-state index is -4.45. The van der Waals surface area contributed by atoms with Gasteiger partial charge in [0.1, 0.15) is 30.6 Å². The lowest BCUT2D eigenvalue weighted by molar-refractivity contribution is -0.140. The predicted molar refractivity (Wildman–Crippen MR) is 293 cm³/mol. The van der Waals surface area contributed by atoms with Crippen molar-refractivity contribution in [1.29, 1.82) is 0 Å². The number of piperazine rings is 1. The second-order valence-electron chi connectivity index (χ2n) is 20.5. The van der Waals surface area contributed by atoms with E-state index >= 15 is 0 Å². The Morgan fingerprint density at radius 2 is 1.61 bits per heavy atom. The number of hydrogen-bond donors (Lipinski definition) is 2. The number of nitrogens with one attached hydrogen (secondary N) is 2. The number of alkyl halides is 3. The number of aromatic nitrogens is 4. The second kappa shape index (κ2) is 21.6. The highest BCUT2D eigenvalue weighted by atomic mass is 35.5. The van der Waals surface area contributed by atoms with Crippen LogP contribution in [-0.4, -0.2) is 153 Å². The van der Waals surface area contributed by atoms with Gasteiger partial charge in [-0.3, -0.25) is 28.9 Å². The van der Waals surface area contributed by atoms with Crippen molar-refractivity contribution in [2.75, 3.05) is 89.4 Å². The average Bonchev–Trinajstić information content (AvgIpc) is 4.17. The first-order valence-electron chi connectivity index (χ1n) is 25.6. The van der Waals surface area contributed by atoms with Gasteiger partial charge in [0.05, 0.1) is 36.4 Å². The first-order chi connectivity index (χ1) is 35.9. The number of thiophene rings is 1. The molecule has 14 nitrogen and oxygen atoms in total. The third-order valence-corrected chi connectivity index (χ3v) is 18.1. The molecule has 4 aliphatic rings. The molecule has 0 saturated carbocycles. The molecule has 75 heavy (non-hydrogen) atoms. The summed E-state index contributed by atoms with van der Waals surface area (Å²) < 4.78 is 57.4. The van der Waals surface area contributed by atoms with E-state index in [1.54, 1.807) is 55.0 Å². The maximum Gasteiger partial charge on any atom is 0.406 e. The van der Waals surface area contributed by atoms with Crippen LogP contribution in [0.5, 0.6) is 0 Å². The van der Waals surface area contributed by atoms with E-state index in [-0.39, 0.29) is 42.6 Å². The summed E-state index contributed by atoms with van der Waals surface area (Å²) in [6.07, 6.45) is -1.87. The monoisotopic (exact) mass is 1080 g/mol. The minimum Gasteiger partial charge on any atom is -0.382 e. The van der Waals surface area contributed by atoms with Gasteiger partial charge in [0.15, 0.2) is 5.82 Å². The van der Waals surface area contributed by atoms with Crippen LogP contribution in [0.15, 0.2) is 77.8 Å². The molecule has 0 spiro atoms. The zero-order valence-corrected chi connectivity index (χ0v) is 45.4. The Kier molecular flexibility index (Phi) is 15.1. The van der Waals surface area contributed by atoms with Gasteiger partial charge < -0.3 is 29.6 Å². The quantitative estimate of drug-likeness (QED) is 0.0912. The number of halogens is 4. The molecule has 3 saturated heterocycles. The molecule has 1 unspecified atom stereocenters.